The maximum Gasteiger partial charge on any atom is 0.294 e. The summed E-state index contributed by atoms with van der Waals surface area (Å²) in [5.41, 5.74) is 0.491. The number of hydrogen-bond donors (Lipinski definition) is 1. The van der Waals surface area contributed by atoms with E-state index in [0.717, 1.165) is 6.07 Å². The summed E-state index contributed by atoms with van der Waals surface area (Å²) in [6.07, 6.45) is 1.32. The maximum absolute atomic E-state index is 13.9. The van der Waals surface area contributed by atoms with Crippen LogP contribution in [0.5, 0.6) is 5.75 Å². The normalized spacial score (nSPS) is 16.4. The molecule has 0 saturated heterocycles. The molecule has 1 N–H and O–H groups in total. The van der Waals surface area contributed by atoms with Gasteiger partial charge in [-0.1, -0.05) is 24.3 Å². The molecule has 1 unspecified atom stereocenters. The first-order valence-electron chi connectivity index (χ1n) is 8.76. The number of benzene rings is 2. The van der Waals surface area contributed by atoms with Gasteiger partial charge in [0.15, 0.2) is 11.5 Å². The fourth-order valence-electron chi connectivity index (χ4n) is 3.46. The second kappa shape index (κ2) is 7.27. The van der Waals surface area contributed by atoms with Crippen molar-refractivity contribution in [2.45, 2.75) is 6.04 Å². The zero-order valence-corrected chi connectivity index (χ0v) is 15.3. The number of para-hydroxylation sites is 1. The third kappa shape index (κ3) is 3.06. The van der Waals surface area contributed by atoms with Gasteiger partial charge in [0.25, 0.3) is 5.91 Å². The number of ketones is 1. The van der Waals surface area contributed by atoms with Crippen LogP contribution in [-0.2, 0) is 4.79 Å². The van der Waals surface area contributed by atoms with Crippen molar-refractivity contribution in [2.75, 3.05) is 12.0 Å². The van der Waals surface area contributed by atoms with Gasteiger partial charge in [-0.15, -0.1) is 0 Å². The van der Waals surface area contributed by atoms with Crippen molar-refractivity contribution in [3.05, 3.63) is 95.4 Å². The molecule has 1 aliphatic rings. The second-order valence-electron chi connectivity index (χ2n) is 6.37. The van der Waals surface area contributed by atoms with E-state index in [0.29, 0.717) is 11.3 Å². The molecule has 1 amide bonds. The van der Waals surface area contributed by atoms with Gasteiger partial charge in [-0.05, 0) is 36.4 Å². The number of ether oxygens (including phenoxy) is 1. The molecule has 0 spiro atoms. The highest BCUT2D eigenvalue weighted by Crippen LogP contribution is 2.44. The number of hydrogen-bond acceptors (Lipinski definition) is 5. The van der Waals surface area contributed by atoms with Crippen molar-refractivity contribution in [3.63, 3.8) is 0 Å². The van der Waals surface area contributed by atoms with Crippen LogP contribution < -0.4 is 9.64 Å². The van der Waals surface area contributed by atoms with Gasteiger partial charge < -0.3 is 14.3 Å². The number of methoxy groups -OCH3 is 1. The van der Waals surface area contributed by atoms with E-state index in [9.17, 15) is 19.1 Å². The van der Waals surface area contributed by atoms with Crippen LogP contribution in [0, 0.1) is 5.82 Å². The van der Waals surface area contributed by atoms with Gasteiger partial charge in [0.2, 0.25) is 5.78 Å². The third-order valence-electron chi connectivity index (χ3n) is 4.72. The molecule has 0 aliphatic carbocycles. The van der Waals surface area contributed by atoms with Crippen LogP contribution in [-0.4, -0.2) is 23.9 Å². The first-order chi connectivity index (χ1) is 14.0. The number of aliphatic hydroxyl groups excluding tert-OH is 1. The number of Topliss-reactive ketones (excluding diaryl/α,β-unsaturated/α-hetero) is 1. The summed E-state index contributed by atoms with van der Waals surface area (Å²) in [6, 6.07) is 14.1. The predicted molar refractivity (Wildman–Crippen MR) is 102 cm³/mol. The van der Waals surface area contributed by atoms with Crippen LogP contribution >= 0.6 is 0 Å². The van der Waals surface area contributed by atoms with E-state index in [1.54, 1.807) is 24.3 Å². The molecular weight excluding hydrogens is 377 g/mol. The summed E-state index contributed by atoms with van der Waals surface area (Å²) in [5, 5.41) is 10.6. The molecule has 6 nitrogen and oxygen atoms in total. The van der Waals surface area contributed by atoms with Crippen LogP contribution in [0.15, 0.2) is 82.7 Å². The van der Waals surface area contributed by atoms with E-state index in [-0.39, 0.29) is 17.0 Å². The SMILES string of the molecule is COc1ccccc1C1C(C(=O)c2ccco2)=C(O)C(=O)N1c1cccc(F)c1. The fourth-order valence-corrected chi connectivity index (χ4v) is 3.46. The Bertz CT molecular complexity index is 1120. The lowest BCUT2D eigenvalue weighted by Gasteiger charge is -2.27. The molecule has 1 atom stereocenters. The average Bonchev–Trinajstić information content (AvgIpc) is 3.35. The molecule has 0 fully saturated rings. The highest BCUT2D eigenvalue weighted by atomic mass is 19.1. The molecule has 1 aliphatic heterocycles. The lowest BCUT2D eigenvalue weighted by Crippen LogP contribution is -2.31. The van der Waals surface area contributed by atoms with Gasteiger partial charge in [0, 0.05) is 11.3 Å². The average molecular weight is 393 g/mol. The van der Waals surface area contributed by atoms with Gasteiger partial charge in [0.05, 0.1) is 25.0 Å². The molecular formula is C22H16FNO5. The number of halogens is 1. The summed E-state index contributed by atoms with van der Waals surface area (Å²) < 4.78 is 24.5. The van der Waals surface area contributed by atoms with Gasteiger partial charge >= 0.3 is 0 Å². The van der Waals surface area contributed by atoms with Crippen LogP contribution in [0.2, 0.25) is 0 Å². The van der Waals surface area contributed by atoms with Gasteiger partial charge in [-0.25, -0.2) is 4.39 Å². The number of aliphatic hydroxyl groups is 1. The lowest BCUT2D eigenvalue weighted by molar-refractivity contribution is -0.117. The minimum absolute atomic E-state index is 0.0275. The van der Waals surface area contributed by atoms with E-state index in [1.807, 2.05) is 0 Å². The molecule has 3 aromatic rings. The topological polar surface area (TPSA) is 80.0 Å². The first-order valence-corrected chi connectivity index (χ1v) is 8.76. The van der Waals surface area contributed by atoms with Crippen molar-refractivity contribution >= 4 is 17.4 Å². The van der Waals surface area contributed by atoms with Gasteiger partial charge in [-0.2, -0.15) is 0 Å². The van der Waals surface area contributed by atoms with Crippen molar-refractivity contribution in [1.29, 1.82) is 0 Å². The molecule has 2 aromatic carbocycles. The van der Waals surface area contributed by atoms with E-state index in [2.05, 4.69) is 0 Å². The smallest absolute Gasteiger partial charge is 0.294 e. The van der Waals surface area contributed by atoms with Crippen molar-refractivity contribution in [3.8, 4) is 5.75 Å². The standard InChI is InChI=1S/C22H16FNO5/c1-28-16-9-3-2-8-15(16)19-18(20(25)17-10-5-11-29-17)21(26)22(27)24(19)14-7-4-6-13(23)12-14/h2-12,19,26H,1H3. The largest absolute Gasteiger partial charge is 0.503 e. The van der Waals surface area contributed by atoms with Crippen LogP contribution in [0.25, 0.3) is 0 Å². The number of carbonyl (C=O) groups excluding carboxylic acids is 2. The molecule has 29 heavy (non-hydrogen) atoms. The van der Waals surface area contributed by atoms with Gasteiger partial charge in [-0.3, -0.25) is 14.5 Å². The molecule has 0 saturated carbocycles. The lowest BCUT2D eigenvalue weighted by atomic mass is 9.94. The highest BCUT2D eigenvalue weighted by Gasteiger charge is 2.46. The zero-order chi connectivity index (χ0) is 20.5. The Hall–Kier alpha value is -3.87. The fraction of sp³-hybridized carbons (Fsp3) is 0.0909. The summed E-state index contributed by atoms with van der Waals surface area (Å²) >= 11 is 0. The number of nitrogens with zero attached hydrogens (tertiary/aromatic N) is 1. The van der Waals surface area contributed by atoms with Crippen LogP contribution in [0.4, 0.5) is 10.1 Å². The monoisotopic (exact) mass is 393 g/mol. The Kier molecular flexibility index (Phi) is 4.64. The van der Waals surface area contributed by atoms with E-state index in [1.165, 1.54) is 48.6 Å². The quantitative estimate of drug-likeness (QED) is 0.657. The summed E-state index contributed by atoms with van der Waals surface area (Å²) in [6.45, 7) is 0. The van der Waals surface area contributed by atoms with Crippen molar-refractivity contribution in [2.24, 2.45) is 0 Å². The minimum Gasteiger partial charge on any atom is -0.503 e. The Balaban J connectivity index is 1.93. The number of anilines is 1. The van der Waals surface area contributed by atoms with Crippen molar-refractivity contribution in [1.82, 2.24) is 0 Å². The second-order valence-corrected chi connectivity index (χ2v) is 6.37. The summed E-state index contributed by atoms with van der Waals surface area (Å²) in [5.74, 6) is -2.35. The number of carbonyl (C=O) groups is 2. The molecule has 1 aromatic heterocycles. The Labute approximate surface area is 165 Å². The predicted octanol–water partition coefficient (Wildman–Crippen LogP) is 4.21. The van der Waals surface area contributed by atoms with Crippen LogP contribution in [0.1, 0.15) is 22.2 Å². The van der Waals surface area contributed by atoms with E-state index in [4.69, 9.17) is 9.15 Å². The summed E-state index contributed by atoms with van der Waals surface area (Å²) in [4.78, 5) is 27.2. The summed E-state index contributed by atoms with van der Waals surface area (Å²) in [7, 11) is 1.46. The zero-order valence-electron chi connectivity index (χ0n) is 15.3. The van der Waals surface area contributed by atoms with E-state index < -0.39 is 29.3 Å². The molecule has 4 rings (SSSR count). The Morgan fingerprint density at radius 1 is 1.14 bits per heavy atom. The van der Waals surface area contributed by atoms with Crippen LogP contribution in [0.3, 0.4) is 0 Å². The number of furan rings is 1. The van der Waals surface area contributed by atoms with Gasteiger partial charge in [0.1, 0.15) is 11.6 Å². The van der Waals surface area contributed by atoms with Crippen molar-refractivity contribution < 1.29 is 28.2 Å². The maximum atomic E-state index is 13.9. The molecule has 146 valence electrons. The number of rotatable bonds is 5. The molecule has 0 radical (unpaired) electrons. The molecule has 0 bridgehead atoms. The Morgan fingerprint density at radius 2 is 1.93 bits per heavy atom. The number of amides is 1. The third-order valence-corrected chi connectivity index (χ3v) is 4.72. The first kappa shape index (κ1) is 18.5. The van der Waals surface area contributed by atoms with E-state index >= 15 is 0 Å². The molecule has 7 heteroatoms. The minimum atomic E-state index is -1.03. The molecule has 2 heterocycles. The Morgan fingerprint density at radius 3 is 2.62 bits per heavy atom. The highest BCUT2D eigenvalue weighted by molar-refractivity contribution is 6.20.